The number of sulfonamides is 1. The van der Waals surface area contributed by atoms with E-state index in [0.717, 1.165) is 44.1 Å². The molecule has 9 nitrogen and oxygen atoms in total. The van der Waals surface area contributed by atoms with Crippen molar-refractivity contribution in [3.63, 3.8) is 0 Å². The molecule has 5 rings (SSSR count). The standard InChI is InChI=1S/C25H25N5O4S2/c31-30(32)20-9-11-21(12-10-20)36(33,34)27-23-7-3-1-5-19(23)13-14-28-15-17-29(18-16-28)25-22-6-2-4-8-24(22)35-26-25/h1-12,27H,13-18H2. The topological polar surface area (TPSA) is 109 Å². The molecule has 1 fully saturated rings. The molecule has 1 aromatic heterocycles. The molecule has 4 aromatic rings. The minimum Gasteiger partial charge on any atom is -0.353 e. The van der Waals surface area contributed by atoms with Gasteiger partial charge in [0.25, 0.3) is 15.7 Å². The second kappa shape index (κ2) is 10.2. The molecule has 1 aliphatic heterocycles. The smallest absolute Gasteiger partial charge is 0.269 e. The number of nitrogens with one attached hydrogen (secondary N) is 1. The molecule has 186 valence electrons. The highest BCUT2D eigenvalue weighted by atomic mass is 32.2. The number of anilines is 2. The minimum atomic E-state index is -3.87. The lowest BCUT2D eigenvalue weighted by atomic mass is 10.1. The Morgan fingerprint density at radius 3 is 2.39 bits per heavy atom. The fourth-order valence-electron chi connectivity index (χ4n) is 4.35. The van der Waals surface area contributed by atoms with Gasteiger partial charge < -0.3 is 4.90 Å². The number of hydrogen-bond acceptors (Lipinski definition) is 8. The Bertz CT molecular complexity index is 1480. The number of hydrogen-bond donors (Lipinski definition) is 1. The first-order chi connectivity index (χ1) is 17.4. The molecule has 0 bridgehead atoms. The molecular formula is C25H25N5O4S2. The zero-order valence-corrected chi connectivity index (χ0v) is 21.0. The van der Waals surface area contributed by atoms with Crippen LogP contribution in [0.4, 0.5) is 17.2 Å². The van der Waals surface area contributed by atoms with E-state index >= 15 is 0 Å². The summed E-state index contributed by atoms with van der Waals surface area (Å²) in [5.74, 6) is 1.06. The van der Waals surface area contributed by atoms with Crippen molar-refractivity contribution < 1.29 is 13.3 Å². The number of piperazine rings is 1. The highest BCUT2D eigenvalue weighted by Crippen LogP contribution is 2.30. The molecule has 0 radical (unpaired) electrons. The van der Waals surface area contributed by atoms with E-state index in [1.165, 1.54) is 45.9 Å². The molecule has 0 spiro atoms. The fourth-order valence-corrected chi connectivity index (χ4v) is 6.25. The number of rotatable bonds is 8. The van der Waals surface area contributed by atoms with Gasteiger partial charge in [-0.05, 0) is 53.8 Å². The second-order valence-corrected chi connectivity index (χ2v) is 11.1. The van der Waals surface area contributed by atoms with Crippen LogP contribution in [-0.4, -0.2) is 55.3 Å². The number of fused-ring (bicyclic) bond motifs is 1. The number of para-hydroxylation sites is 1. The molecule has 0 atom stereocenters. The first-order valence-corrected chi connectivity index (χ1v) is 13.8. The number of benzene rings is 3. The van der Waals surface area contributed by atoms with Crippen LogP contribution in [0.2, 0.25) is 0 Å². The molecule has 0 aliphatic carbocycles. The van der Waals surface area contributed by atoms with Gasteiger partial charge in [-0.2, -0.15) is 4.37 Å². The molecule has 36 heavy (non-hydrogen) atoms. The van der Waals surface area contributed by atoms with Crippen LogP contribution in [0.15, 0.2) is 77.7 Å². The number of nitrogens with zero attached hydrogens (tertiary/aromatic N) is 4. The summed E-state index contributed by atoms with van der Waals surface area (Å²) >= 11 is 1.53. The number of aromatic nitrogens is 1. The van der Waals surface area contributed by atoms with Crippen molar-refractivity contribution in [2.24, 2.45) is 0 Å². The summed E-state index contributed by atoms with van der Waals surface area (Å²) in [5, 5.41) is 12.1. The van der Waals surface area contributed by atoms with Gasteiger partial charge in [0.05, 0.1) is 20.2 Å². The number of nitro groups is 1. The first kappa shape index (κ1) is 24.2. The molecule has 0 saturated carbocycles. The van der Waals surface area contributed by atoms with Gasteiger partial charge >= 0.3 is 0 Å². The first-order valence-electron chi connectivity index (χ1n) is 11.6. The van der Waals surface area contributed by atoms with Gasteiger partial charge in [0.2, 0.25) is 0 Å². The lowest BCUT2D eigenvalue weighted by Crippen LogP contribution is -2.47. The van der Waals surface area contributed by atoms with Crippen LogP contribution < -0.4 is 9.62 Å². The summed E-state index contributed by atoms with van der Waals surface area (Å²) < 4.78 is 34.3. The van der Waals surface area contributed by atoms with Crippen molar-refractivity contribution in [1.29, 1.82) is 0 Å². The summed E-state index contributed by atoms with van der Waals surface area (Å²) in [6, 6.07) is 20.5. The van der Waals surface area contributed by atoms with Gasteiger partial charge in [-0.15, -0.1) is 0 Å². The Kier molecular flexibility index (Phi) is 6.86. The number of nitro benzene ring substituents is 1. The monoisotopic (exact) mass is 523 g/mol. The maximum Gasteiger partial charge on any atom is 0.269 e. The zero-order chi connectivity index (χ0) is 25.1. The third-order valence-electron chi connectivity index (χ3n) is 6.35. The highest BCUT2D eigenvalue weighted by molar-refractivity contribution is 7.92. The van der Waals surface area contributed by atoms with Crippen molar-refractivity contribution in [1.82, 2.24) is 9.27 Å². The van der Waals surface area contributed by atoms with Crippen molar-refractivity contribution in [2.45, 2.75) is 11.3 Å². The molecule has 11 heteroatoms. The van der Waals surface area contributed by atoms with Crippen molar-refractivity contribution in [3.05, 3.63) is 88.5 Å². The number of non-ortho nitro benzene ring substituents is 1. The largest absolute Gasteiger partial charge is 0.353 e. The third-order valence-corrected chi connectivity index (χ3v) is 8.55. The van der Waals surface area contributed by atoms with E-state index in [-0.39, 0.29) is 10.6 Å². The molecular weight excluding hydrogens is 498 g/mol. The zero-order valence-electron chi connectivity index (χ0n) is 19.4. The summed E-state index contributed by atoms with van der Waals surface area (Å²) in [6.45, 7) is 4.40. The van der Waals surface area contributed by atoms with E-state index in [2.05, 4.69) is 31.0 Å². The Hall–Kier alpha value is -3.54. The lowest BCUT2D eigenvalue weighted by Gasteiger charge is -2.35. The molecule has 0 unspecified atom stereocenters. The SMILES string of the molecule is O=[N+]([O-])c1ccc(S(=O)(=O)Nc2ccccc2CCN2CCN(c3nsc4ccccc34)CC2)cc1. The average Bonchev–Trinajstić information content (AvgIpc) is 3.33. The maximum absolute atomic E-state index is 12.9. The van der Waals surface area contributed by atoms with Crippen LogP contribution in [0.3, 0.4) is 0 Å². The van der Waals surface area contributed by atoms with Crippen LogP contribution in [0.1, 0.15) is 5.56 Å². The summed E-state index contributed by atoms with van der Waals surface area (Å²) in [4.78, 5) is 15.0. The Morgan fingerprint density at radius 2 is 1.64 bits per heavy atom. The predicted molar refractivity (Wildman–Crippen MR) is 142 cm³/mol. The van der Waals surface area contributed by atoms with Gasteiger partial charge in [-0.3, -0.25) is 19.7 Å². The maximum atomic E-state index is 12.9. The molecule has 1 N–H and O–H groups in total. The van der Waals surface area contributed by atoms with Crippen LogP contribution in [0.25, 0.3) is 10.1 Å². The Balaban J connectivity index is 1.21. The van der Waals surface area contributed by atoms with Gasteiger partial charge in [0.15, 0.2) is 0 Å². The summed E-state index contributed by atoms with van der Waals surface area (Å²) in [5.41, 5.74) is 1.26. The fraction of sp³-hybridized carbons (Fsp3) is 0.240. The second-order valence-electron chi connectivity index (χ2n) is 8.59. The Morgan fingerprint density at radius 1 is 0.944 bits per heavy atom. The van der Waals surface area contributed by atoms with Crippen molar-refractivity contribution in [3.8, 4) is 0 Å². The lowest BCUT2D eigenvalue weighted by molar-refractivity contribution is -0.384. The molecule has 2 heterocycles. The van der Waals surface area contributed by atoms with Crippen LogP contribution in [-0.2, 0) is 16.4 Å². The quantitative estimate of drug-likeness (QED) is 0.270. The van der Waals surface area contributed by atoms with Crippen LogP contribution in [0, 0.1) is 10.1 Å². The van der Waals surface area contributed by atoms with Gasteiger partial charge in [-0.1, -0.05) is 30.3 Å². The predicted octanol–water partition coefficient (Wildman–Crippen LogP) is 4.37. The molecule has 0 amide bonds. The van der Waals surface area contributed by atoms with E-state index in [1.807, 2.05) is 24.3 Å². The minimum absolute atomic E-state index is 0.0198. The van der Waals surface area contributed by atoms with Crippen LogP contribution >= 0.6 is 11.5 Å². The molecule has 3 aromatic carbocycles. The summed E-state index contributed by atoms with van der Waals surface area (Å²) in [6.07, 6.45) is 0.693. The molecule has 1 aliphatic rings. The van der Waals surface area contributed by atoms with E-state index in [0.29, 0.717) is 12.1 Å². The van der Waals surface area contributed by atoms with E-state index in [4.69, 9.17) is 0 Å². The van der Waals surface area contributed by atoms with Gasteiger partial charge in [-0.25, -0.2) is 8.42 Å². The third kappa shape index (κ3) is 5.18. The van der Waals surface area contributed by atoms with E-state index in [1.54, 1.807) is 12.1 Å². The normalized spacial score (nSPS) is 14.7. The van der Waals surface area contributed by atoms with E-state index < -0.39 is 14.9 Å². The summed E-state index contributed by atoms with van der Waals surface area (Å²) in [7, 11) is -3.87. The van der Waals surface area contributed by atoms with Gasteiger partial charge in [0, 0.05) is 50.2 Å². The van der Waals surface area contributed by atoms with Crippen molar-refractivity contribution in [2.75, 3.05) is 42.3 Å². The van der Waals surface area contributed by atoms with Crippen molar-refractivity contribution >= 4 is 48.8 Å². The van der Waals surface area contributed by atoms with E-state index in [9.17, 15) is 18.5 Å². The average molecular weight is 524 g/mol. The van der Waals surface area contributed by atoms with Gasteiger partial charge in [0.1, 0.15) is 5.82 Å². The Labute approximate surface area is 213 Å². The van der Waals surface area contributed by atoms with Crippen LogP contribution in [0.5, 0.6) is 0 Å². The molecule has 1 saturated heterocycles. The highest BCUT2D eigenvalue weighted by Gasteiger charge is 2.22.